The normalized spacial score (nSPS) is 20.3. The summed E-state index contributed by atoms with van der Waals surface area (Å²) >= 11 is 0. The van der Waals surface area contributed by atoms with Crippen LogP contribution in [0.1, 0.15) is 48.7 Å². The van der Waals surface area contributed by atoms with Crippen LogP contribution in [0.2, 0.25) is 0 Å². The van der Waals surface area contributed by atoms with Crippen LogP contribution in [0.3, 0.4) is 0 Å². The van der Waals surface area contributed by atoms with E-state index in [4.69, 9.17) is 9.62 Å². The number of hydrogen-bond donors (Lipinski definition) is 1. The van der Waals surface area contributed by atoms with E-state index in [2.05, 4.69) is 20.4 Å². The number of aryl methyl sites for hydroxylation is 2. The molecule has 152 valence electrons. The van der Waals surface area contributed by atoms with Gasteiger partial charge in [0.25, 0.3) is 0 Å². The van der Waals surface area contributed by atoms with Crippen LogP contribution in [-0.4, -0.2) is 56.2 Å². The minimum atomic E-state index is 0.133. The highest BCUT2D eigenvalue weighted by Crippen LogP contribution is 2.35. The molecule has 1 amide bonds. The Hall–Kier alpha value is -2.74. The third kappa shape index (κ3) is 3.76. The molecule has 8 heteroatoms. The first-order valence-electron chi connectivity index (χ1n) is 10.4. The lowest BCUT2D eigenvalue weighted by atomic mass is 9.91. The van der Waals surface area contributed by atoms with Gasteiger partial charge in [-0.05, 0) is 46.1 Å². The molecule has 0 bridgehead atoms. The monoisotopic (exact) mass is 394 g/mol. The average Bonchev–Trinajstić information content (AvgIpc) is 3.25. The molecule has 1 N–H and O–H groups in total. The molecule has 2 aliphatic rings. The SMILES string of the molecule is Cc1cc(-c2cnc3cc(C)nn3c2C2CCCN(CC(=O)NC3CC3)C2)on1. The fourth-order valence-electron chi connectivity index (χ4n) is 4.27. The number of carbonyl (C=O) groups is 1. The highest BCUT2D eigenvalue weighted by atomic mass is 16.5. The third-order valence-corrected chi connectivity index (χ3v) is 5.74. The lowest BCUT2D eigenvalue weighted by molar-refractivity contribution is -0.122. The zero-order chi connectivity index (χ0) is 20.0. The molecule has 0 radical (unpaired) electrons. The molecule has 1 aliphatic carbocycles. The van der Waals surface area contributed by atoms with Crippen molar-refractivity contribution in [3.05, 3.63) is 35.4 Å². The van der Waals surface area contributed by atoms with E-state index < -0.39 is 0 Å². The zero-order valence-corrected chi connectivity index (χ0v) is 16.9. The van der Waals surface area contributed by atoms with Crippen LogP contribution in [0, 0.1) is 13.8 Å². The van der Waals surface area contributed by atoms with Crippen LogP contribution in [-0.2, 0) is 4.79 Å². The Morgan fingerprint density at radius 1 is 1.24 bits per heavy atom. The van der Waals surface area contributed by atoms with Gasteiger partial charge in [0.05, 0.1) is 29.2 Å². The first kappa shape index (κ1) is 18.3. The summed E-state index contributed by atoms with van der Waals surface area (Å²) in [4.78, 5) is 19.1. The van der Waals surface area contributed by atoms with Gasteiger partial charge in [-0.15, -0.1) is 0 Å². The molecule has 2 fully saturated rings. The zero-order valence-electron chi connectivity index (χ0n) is 16.9. The van der Waals surface area contributed by atoms with Crippen molar-refractivity contribution >= 4 is 11.6 Å². The Kier molecular flexibility index (Phi) is 4.58. The van der Waals surface area contributed by atoms with Gasteiger partial charge in [0, 0.05) is 36.8 Å². The van der Waals surface area contributed by atoms with Crippen molar-refractivity contribution in [3.63, 3.8) is 0 Å². The number of nitrogens with one attached hydrogen (secondary N) is 1. The summed E-state index contributed by atoms with van der Waals surface area (Å²) in [5.41, 5.74) is 4.62. The van der Waals surface area contributed by atoms with E-state index >= 15 is 0 Å². The van der Waals surface area contributed by atoms with Crippen LogP contribution in [0.15, 0.2) is 22.9 Å². The Balaban J connectivity index is 1.48. The van der Waals surface area contributed by atoms with E-state index in [0.29, 0.717) is 18.3 Å². The lowest BCUT2D eigenvalue weighted by Crippen LogP contribution is -2.42. The van der Waals surface area contributed by atoms with Gasteiger partial charge in [0.2, 0.25) is 5.91 Å². The van der Waals surface area contributed by atoms with E-state index in [-0.39, 0.29) is 11.8 Å². The summed E-state index contributed by atoms with van der Waals surface area (Å²) in [7, 11) is 0. The molecule has 1 saturated carbocycles. The highest BCUT2D eigenvalue weighted by Gasteiger charge is 2.30. The Morgan fingerprint density at radius 3 is 2.86 bits per heavy atom. The van der Waals surface area contributed by atoms with Gasteiger partial charge < -0.3 is 9.84 Å². The van der Waals surface area contributed by atoms with Crippen molar-refractivity contribution in [2.45, 2.75) is 51.5 Å². The predicted octanol–water partition coefficient (Wildman–Crippen LogP) is 2.46. The number of nitrogens with zero attached hydrogens (tertiary/aromatic N) is 5. The molecular weight excluding hydrogens is 368 g/mol. The first-order chi connectivity index (χ1) is 14.1. The largest absolute Gasteiger partial charge is 0.356 e. The highest BCUT2D eigenvalue weighted by molar-refractivity contribution is 5.78. The molecule has 1 saturated heterocycles. The van der Waals surface area contributed by atoms with E-state index in [9.17, 15) is 4.79 Å². The van der Waals surface area contributed by atoms with E-state index in [1.165, 1.54) is 0 Å². The van der Waals surface area contributed by atoms with Crippen LogP contribution in [0.25, 0.3) is 17.0 Å². The Bertz CT molecular complexity index is 1050. The summed E-state index contributed by atoms with van der Waals surface area (Å²) in [5.74, 6) is 1.08. The topological polar surface area (TPSA) is 88.6 Å². The van der Waals surface area contributed by atoms with Crippen molar-refractivity contribution in [3.8, 4) is 11.3 Å². The van der Waals surface area contributed by atoms with Crippen LogP contribution in [0.5, 0.6) is 0 Å². The fourth-order valence-corrected chi connectivity index (χ4v) is 4.27. The van der Waals surface area contributed by atoms with Crippen molar-refractivity contribution in [2.75, 3.05) is 19.6 Å². The minimum absolute atomic E-state index is 0.133. The first-order valence-corrected chi connectivity index (χ1v) is 10.4. The van der Waals surface area contributed by atoms with Crippen molar-refractivity contribution in [2.24, 2.45) is 0 Å². The predicted molar refractivity (Wildman–Crippen MR) is 108 cm³/mol. The lowest BCUT2D eigenvalue weighted by Gasteiger charge is -2.33. The number of fused-ring (bicyclic) bond motifs is 1. The summed E-state index contributed by atoms with van der Waals surface area (Å²) < 4.78 is 7.52. The van der Waals surface area contributed by atoms with E-state index in [1.54, 1.807) is 0 Å². The second-order valence-corrected chi connectivity index (χ2v) is 8.36. The molecule has 1 unspecified atom stereocenters. The van der Waals surface area contributed by atoms with E-state index in [0.717, 1.165) is 67.1 Å². The van der Waals surface area contributed by atoms with Gasteiger partial charge >= 0.3 is 0 Å². The summed E-state index contributed by atoms with van der Waals surface area (Å²) in [5, 5.41) is 11.9. The van der Waals surface area contributed by atoms with Crippen LogP contribution >= 0.6 is 0 Å². The van der Waals surface area contributed by atoms with E-state index in [1.807, 2.05) is 36.7 Å². The van der Waals surface area contributed by atoms with Crippen molar-refractivity contribution in [1.82, 2.24) is 30.0 Å². The fraction of sp³-hybridized carbons (Fsp3) is 0.524. The third-order valence-electron chi connectivity index (χ3n) is 5.74. The van der Waals surface area contributed by atoms with Crippen molar-refractivity contribution in [1.29, 1.82) is 0 Å². The van der Waals surface area contributed by atoms with Gasteiger partial charge in [-0.1, -0.05) is 5.16 Å². The molecule has 3 aromatic rings. The maximum Gasteiger partial charge on any atom is 0.234 e. The molecule has 1 aliphatic heterocycles. The summed E-state index contributed by atoms with van der Waals surface area (Å²) in [6.07, 6.45) is 6.17. The van der Waals surface area contributed by atoms with Crippen LogP contribution < -0.4 is 5.32 Å². The number of piperidine rings is 1. The molecule has 8 nitrogen and oxygen atoms in total. The van der Waals surface area contributed by atoms with Crippen LogP contribution in [0.4, 0.5) is 0 Å². The van der Waals surface area contributed by atoms with Gasteiger partial charge in [0.15, 0.2) is 11.4 Å². The van der Waals surface area contributed by atoms with Crippen molar-refractivity contribution < 1.29 is 9.32 Å². The number of aromatic nitrogens is 4. The maximum atomic E-state index is 12.3. The number of hydrogen-bond acceptors (Lipinski definition) is 6. The number of carbonyl (C=O) groups excluding carboxylic acids is 1. The molecule has 4 heterocycles. The quantitative estimate of drug-likeness (QED) is 0.715. The number of amides is 1. The second kappa shape index (κ2) is 7.26. The Morgan fingerprint density at radius 2 is 2.10 bits per heavy atom. The minimum Gasteiger partial charge on any atom is -0.356 e. The molecular formula is C21H26N6O2. The molecule has 0 spiro atoms. The standard InChI is InChI=1S/C21H26N6O2/c1-13-9-19-22-10-17(18-8-14(2)25-29-18)21(27(19)24-13)15-4-3-7-26(11-15)12-20(28)23-16-5-6-16/h8-10,15-16H,3-7,11-12H2,1-2H3,(H,23,28). The van der Waals surface area contributed by atoms with Gasteiger partial charge in [0.1, 0.15) is 0 Å². The summed E-state index contributed by atoms with van der Waals surface area (Å²) in [6.45, 7) is 6.10. The maximum absolute atomic E-state index is 12.3. The molecule has 3 aromatic heterocycles. The number of likely N-dealkylation sites (tertiary alicyclic amines) is 1. The molecule has 0 aromatic carbocycles. The second-order valence-electron chi connectivity index (χ2n) is 8.36. The molecule has 1 atom stereocenters. The molecule has 29 heavy (non-hydrogen) atoms. The van der Waals surface area contributed by atoms with Gasteiger partial charge in [-0.3, -0.25) is 9.69 Å². The number of rotatable bonds is 5. The van der Waals surface area contributed by atoms with Gasteiger partial charge in [-0.25, -0.2) is 9.50 Å². The van der Waals surface area contributed by atoms with Gasteiger partial charge in [-0.2, -0.15) is 5.10 Å². The summed E-state index contributed by atoms with van der Waals surface area (Å²) in [6, 6.07) is 4.32. The average molecular weight is 394 g/mol. The Labute approximate surface area is 169 Å². The smallest absolute Gasteiger partial charge is 0.234 e. The molecule has 5 rings (SSSR count).